The number of benzene rings is 3. The van der Waals surface area contributed by atoms with Crippen LogP contribution in [-0.4, -0.2) is 40.8 Å². The van der Waals surface area contributed by atoms with E-state index >= 15 is 0 Å². The molecule has 0 aromatic heterocycles. The summed E-state index contributed by atoms with van der Waals surface area (Å²) in [6.45, 7) is 0.230. The van der Waals surface area contributed by atoms with Crippen molar-refractivity contribution in [2.45, 2.75) is 11.0 Å². The number of carbonyl (C=O) groups excluding carboxylic acids is 1. The molecule has 4 rings (SSSR count). The first kappa shape index (κ1) is 19.2. The summed E-state index contributed by atoms with van der Waals surface area (Å²) >= 11 is 0. The van der Waals surface area contributed by atoms with Gasteiger partial charge in [-0.05, 0) is 35.0 Å². The van der Waals surface area contributed by atoms with Crippen LogP contribution in [0.15, 0.2) is 71.6 Å². The van der Waals surface area contributed by atoms with Gasteiger partial charge in [0.2, 0.25) is 10.0 Å². The summed E-state index contributed by atoms with van der Waals surface area (Å²) in [5.74, 6) is 0.621. The van der Waals surface area contributed by atoms with Gasteiger partial charge in [-0.15, -0.1) is 0 Å². The van der Waals surface area contributed by atoms with E-state index in [4.69, 9.17) is 9.47 Å². The molecule has 150 valence electrons. The Morgan fingerprint density at radius 2 is 1.86 bits per heavy atom. The maximum atomic E-state index is 12.7. The first-order chi connectivity index (χ1) is 14.0. The topological polar surface area (TPSA) is 84.9 Å². The van der Waals surface area contributed by atoms with Crippen LogP contribution in [0.1, 0.15) is 0 Å². The molecule has 7 nitrogen and oxygen atoms in total. The van der Waals surface area contributed by atoms with Gasteiger partial charge in [-0.1, -0.05) is 36.4 Å². The van der Waals surface area contributed by atoms with Crippen LogP contribution in [0.2, 0.25) is 0 Å². The highest BCUT2D eigenvalue weighted by Gasteiger charge is 2.33. The fourth-order valence-corrected chi connectivity index (χ4v) is 4.34. The number of nitrogens with zero attached hydrogens (tertiary/aromatic N) is 1. The zero-order chi connectivity index (χ0) is 20.4. The van der Waals surface area contributed by atoms with Crippen LogP contribution in [0.25, 0.3) is 10.8 Å². The average molecular weight is 412 g/mol. The number of hydrogen-bond acceptors (Lipinski definition) is 5. The van der Waals surface area contributed by atoms with Crippen molar-refractivity contribution < 1.29 is 22.7 Å². The molecule has 1 aliphatic heterocycles. The fraction of sp³-hybridized carbons (Fsp3) is 0.190. The Morgan fingerprint density at radius 3 is 2.66 bits per heavy atom. The molecule has 1 heterocycles. The number of amides is 1. The number of ether oxygens (including phenoxy) is 2. The molecule has 0 saturated carbocycles. The highest BCUT2D eigenvalue weighted by Crippen LogP contribution is 2.25. The van der Waals surface area contributed by atoms with Gasteiger partial charge in [-0.25, -0.2) is 17.9 Å². The minimum Gasteiger partial charge on any atom is -0.497 e. The van der Waals surface area contributed by atoms with Gasteiger partial charge in [0.15, 0.2) is 0 Å². The first-order valence-corrected chi connectivity index (χ1v) is 10.6. The van der Waals surface area contributed by atoms with Crippen LogP contribution in [0.3, 0.4) is 0 Å². The molecule has 3 aromatic carbocycles. The lowest BCUT2D eigenvalue weighted by Gasteiger charge is -2.14. The van der Waals surface area contributed by atoms with Gasteiger partial charge in [-0.2, -0.15) is 0 Å². The maximum absolute atomic E-state index is 12.7. The van der Waals surface area contributed by atoms with Crippen molar-refractivity contribution >= 4 is 32.6 Å². The SMILES string of the molecule is COc1cccc(N2C[C@@H](CNS(=O)(=O)c3ccc4ccccc4c3)OC2=O)c1. The van der Waals surface area contributed by atoms with Crippen molar-refractivity contribution in [3.05, 3.63) is 66.7 Å². The highest BCUT2D eigenvalue weighted by molar-refractivity contribution is 7.89. The Balaban J connectivity index is 1.44. The number of rotatable bonds is 6. The molecule has 1 fully saturated rings. The van der Waals surface area contributed by atoms with E-state index in [2.05, 4.69) is 4.72 Å². The molecule has 1 saturated heterocycles. The Labute approximate surface area is 168 Å². The molecular formula is C21H20N2O5S. The van der Waals surface area contributed by atoms with Crippen LogP contribution >= 0.6 is 0 Å². The third kappa shape index (κ3) is 4.03. The number of fused-ring (bicyclic) bond motifs is 1. The maximum Gasteiger partial charge on any atom is 0.414 e. The summed E-state index contributed by atoms with van der Waals surface area (Å²) in [5.41, 5.74) is 0.634. The molecule has 0 spiro atoms. The normalized spacial score (nSPS) is 16.8. The number of nitrogens with one attached hydrogen (secondary N) is 1. The molecule has 0 aliphatic carbocycles. The molecular weight excluding hydrogens is 392 g/mol. The lowest BCUT2D eigenvalue weighted by atomic mass is 10.1. The number of carbonyl (C=O) groups is 1. The second-order valence-corrected chi connectivity index (χ2v) is 8.45. The minimum atomic E-state index is -3.73. The van der Waals surface area contributed by atoms with Gasteiger partial charge in [0.25, 0.3) is 0 Å². The Bertz CT molecular complexity index is 1160. The predicted molar refractivity (Wildman–Crippen MR) is 110 cm³/mol. The van der Waals surface area contributed by atoms with Gasteiger partial charge in [0.05, 0.1) is 24.2 Å². The molecule has 1 aliphatic rings. The second-order valence-electron chi connectivity index (χ2n) is 6.68. The number of hydrogen-bond donors (Lipinski definition) is 1. The van der Waals surface area contributed by atoms with Crippen LogP contribution < -0.4 is 14.4 Å². The number of sulfonamides is 1. The van der Waals surface area contributed by atoms with E-state index in [0.717, 1.165) is 10.8 Å². The van der Waals surface area contributed by atoms with Crippen LogP contribution in [-0.2, 0) is 14.8 Å². The fourth-order valence-electron chi connectivity index (χ4n) is 3.24. The van der Waals surface area contributed by atoms with E-state index < -0.39 is 22.2 Å². The van der Waals surface area contributed by atoms with E-state index in [1.54, 1.807) is 49.6 Å². The van der Waals surface area contributed by atoms with Gasteiger partial charge < -0.3 is 9.47 Å². The standard InChI is InChI=1S/C21H20N2O5S/c1-27-18-8-4-7-17(12-18)23-14-19(28-21(23)24)13-22-29(25,26)20-10-9-15-5-2-3-6-16(15)11-20/h2-12,19,22H,13-14H2,1H3/t19-/m1/s1. The molecule has 0 unspecified atom stereocenters. The zero-order valence-electron chi connectivity index (χ0n) is 15.7. The second kappa shape index (κ2) is 7.73. The third-order valence-electron chi connectivity index (χ3n) is 4.77. The van der Waals surface area contributed by atoms with Gasteiger partial charge in [-0.3, -0.25) is 4.90 Å². The van der Waals surface area contributed by atoms with Crippen molar-refractivity contribution in [3.8, 4) is 5.75 Å². The molecule has 1 amide bonds. The predicted octanol–water partition coefficient (Wildman–Crippen LogP) is 3.15. The van der Waals surface area contributed by atoms with Crippen molar-refractivity contribution in [2.24, 2.45) is 0 Å². The number of cyclic esters (lactones) is 1. The minimum absolute atomic E-state index is 0.0125. The largest absolute Gasteiger partial charge is 0.497 e. The quantitative estimate of drug-likeness (QED) is 0.672. The molecule has 3 aromatic rings. The molecule has 8 heteroatoms. The third-order valence-corrected chi connectivity index (χ3v) is 6.19. The molecule has 0 radical (unpaired) electrons. The smallest absolute Gasteiger partial charge is 0.414 e. The van der Waals surface area contributed by atoms with E-state index in [-0.39, 0.29) is 18.0 Å². The highest BCUT2D eigenvalue weighted by atomic mass is 32.2. The average Bonchev–Trinajstić information content (AvgIpc) is 3.12. The molecule has 29 heavy (non-hydrogen) atoms. The monoisotopic (exact) mass is 412 g/mol. The Hall–Kier alpha value is -3.10. The molecule has 1 N–H and O–H groups in total. The molecule has 0 bridgehead atoms. The summed E-state index contributed by atoms with van der Waals surface area (Å²) in [6, 6.07) is 19.5. The van der Waals surface area contributed by atoms with Gasteiger partial charge >= 0.3 is 6.09 Å². The zero-order valence-corrected chi connectivity index (χ0v) is 16.6. The lowest BCUT2D eigenvalue weighted by molar-refractivity contribution is 0.143. The summed E-state index contributed by atoms with van der Waals surface area (Å²) in [7, 11) is -2.18. The summed E-state index contributed by atoms with van der Waals surface area (Å²) < 4.78 is 38.4. The van der Waals surface area contributed by atoms with Crippen molar-refractivity contribution in [1.29, 1.82) is 0 Å². The van der Waals surface area contributed by atoms with Crippen molar-refractivity contribution in [2.75, 3.05) is 25.1 Å². The molecule has 1 atom stereocenters. The first-order valence-electron chi connectivity index (χ1n) is 9.07. The van der Waals surface area contributed by atoms with E-state index in [0.29, 0.717) is 11.4 Å². The summed E-state index contributed by atoms with van der Waals surface area (Å²) in [6.07, 6.45) is -1.11. The van der Waals surface area contributed by atoms with E-state index in [1.165, 1.54) is 4.90 Å². The van der Waals surface area contributed by atoms with Gasteiger partial charge in [0, 0.05) is 12.6 Å². The Kier molecular flexibility index (Phi) is 5.12. The number of methoxy groups -OCH3 is 1. The van der Waals surface area contributed by atoms with E-state index in [1.807, 2.05) is 24.3 Å². The van der Waals surface area contributed by atoms with Gasteiger partial charge in [0.1, 0.15) is 11.9 Å². The van der Waals surface area contributed by atoms with Crippen LogP contribution in [0.5, 0.6) is 5.75 Å². The Morgan fingerprint density at radius 1 is 1.07 bits per heavy atom. The van der Waals surface area contributed by atoms with Crippen molar-refractivity contribution in [1.82, 2.24) is 4.72 Å². The van der Waals surface area contributed by atoms with E-state index in [9.17, 15) is 13.2 Å². The van der Waals surface area contributed by atoms with Crippen LogP contribution in [0, 0.1) is 0 Å². The van der Waals surface area contributed by atoms with Crippen molar-refractivity contribution in [3.63, 3.8) is 0 Å². The summed E-state index contributed by atoms with van der Waals surface area (Å²) in [4.78, 5) is 13.8. The lowest BCUT2D eigenvalue weighted by Crippen LogP contribution is -2.34. The van der Waals surface area contributed by atoms with Crippen LogP contribution in [0.4, 0.5) is 10.5 Å². The summed E-state index contributed by atoms with van der Waals surface area (Å²) in [5, 5.41) is 1.80. The number of anilines is 1.